The second kappa shape index (κ2) is 7.12. The zero-order chi connectivity index (χ0) is 17.8. The molecule has 7 heteroatoms. The quantitative estimate of drug-likeness (QED) is 0.774. The Balaban J connectivity index is 1.64. The summed E-state index contributed by atoms with van der Waals surface area (Å²) >= 11 is 0. The SMILES string of the molecule is Cc1cc(C)n(-c2ncc(NC(=O)[C@@H](C)Oc3ccccc3)cn2)n1. The molecular weight excluding hydrogens is 318 g/mol. The molecule has 1 aromatic carbocycles. The number of rotatable bonds is 5. The fourth-order valence-electron chi connectivity index (χ4n) is 2.33. The predicted octanol–water partition coefficient (Wildman–Crippen LogP) is 2.69. The Morgan fingerprint density at radius 3 is 2.44 bits per heavy atom. The van der Waals surface area contributed by atoms with E-state index in [9.17, 15) is 4.79 Å². The molecule has 0 aliphatic carbocycles. The van der Waals surface area contributed by atoms with Crippen LogP contribution in [0.5, 0.6) is 5.75 Å². The van der Waals surface area contributed by atoms with Crippen LogP contribution >= 0.6 is 0 Å². The van der Waals surface area contributed by atoms with Crippen molar-refractivity contribution in [1.82, 2.24) is 19.7 Å². The third-order valence-electron chi connectivity index (χ3n) is 3.53. The van der Waals surface area contributed by atoms with Gasteiger partial charge in [0.2, 0.25) is 0 Å². The van der Waals surface area contributed by atoms with Gasteiger partial charge >= 0.3 is 0 Å². The van der Waals surface area contributed by atoms with Crippen LogP contribution in [0.1, 0.15) is 18.3 Å². The zero-order valence-electron chi connectivity index (χ0n) is 14.3. The number of benzene rings is 1. The molecule has 0 spiro atoms. The molecule has 25 heavy (non-hydrogen) atoms. The average Bonchev–Trinajstić information content (AvgIpc) is 2.95. The highest BCUT2D eigenvalue weighted by molar-refractivity contribution is 5.93. The van der Waals surface area contributed by atoms with Crippen molar-refractivity contribution < 1.29 is 9.53 Å². The van der Waals surface area contributed by atoms with Crippen LogP contribution < -0.4 is 10.1 Å². The number of ether oxygens (including phenoxy) is 1. The Labute approximate surface area is 145 Å². The minimum atomic E-state index is -0.641. The Hall–Kier alpha value is -3.22. The number of carbonyl (C=O) groups is 1. The molecule has 3 aromatic rings. The average molecular weight is 337 g/mol. The van der Waals surface area contributed by atoms with Crippen LogP contribution in [0.4, 0.5) is 5.69 Å². The van der Waals surface area contributed by atoms with Gasteiger partial charge in [-0.1, -0.05) is 18.2 Å². The smallest absolute Gasteiger partial charge is 0.265 e. The maximum absolute atomic E-state index is 12.2. The lowest BCUT2D eigenvalue weighted by molar-refractivity contribution is -0.122. The molecule has 0 aliphatic rings. The van der Waals surface area contributed by atoms with Crippen LogP contribution in [-0.4, -0.2) is 31.8 Å². The van der Waals surface area contributed by atoms with E-state index in [1.54, 1.807) is 36.1 Å². The zero-order valence-corrected chi connectivity index (χ0v) is 14.3. The van der Waals surface area contributed by atoms with Crippen LogP contribution in [0.2, 0.25) is 0 Å². The molecule has 0 saturated heterocycles. The lowest BCUT2D eigenvalue weighted by atomic mass is 10.3. The van der Waals surface area contributed by atoms with Gasteiger partial charge in [0, 0.05) is 5.69 Å². The summed E-state index contributed by atoms with van der Waals surface area (Å²) in [6, 6.07) is 11.1. The molecule has 128 valence electrons. The van der Waals surface area contributed by atoms with Gasteiger partial charge in [0.1, 0.15) is 5.75 Å². The van der Waals surface area contributed by atoms with Gasteiger partial charge in [-0.05, 0) is 39.0 Å². The summed E-state index contributed by atoms with van der Waals surface area (Å²) in [5, 5.41) is 7.07. The van der Waals surface area contributed by atoms with E-state index in [1.165, 1.54) is 0 Å². The van der Waals surface area contributed by atoms with Crippen molar-refractivity contribution in [3.63, 3.8) is 0 Å². The van der Waals surface area contributed by atoms with Gasteiger partial charge in [-0.3, -0.25) is 4.79 Å². The van der Waals surface area contributed by atoms with Gasteiger partial charge in [0.25, 0.3) is 11.9 Å². The van der Waals surface area contributed by atoms with Gasteiger partial charge < -0.3 is 10.1 Å². The van der Waals surface area contributed by atoms with Gasteiger partial charge in [-0.2, -0.15) is 5.10 Å². The number of hydrogen-bond donors (Lipinski definition) is 1. The molecule has 0 unspecified atom stereocenters. The molecule has 7 nitrogen and oxygen atoms in total. The van der Waals surface area contributed by atoms with Crippen molar-refractivity contribution in [2.45, 2.75) is 26.9 Å². The number of aryl methyl sites for hydroxylation is 2. The number of nitrogens with zero attached hydrogens (tertiary/aromatic N) is 4. The number of aromatic nitrogens is 4. The molecule has 1 amide bonds. The first kappa shape index (κ1) is 16.6. The van der Waals surface area contributed by atoms with Gasteiger partial charge in [0.05, 0.1) is 23.8 Å². The number of amides is 1. The van der Waals surface area contributed by atoms with E-state index >= 15 is 0 Å². The minimum Gasteiger partial charge on any atom is -0.481 e. The molecule has 0 bridgehead atoms. The lowest BCUT2D eigenvalue weighted by Gasteiger charge is -2.14. The summed E-state index contributed by atoms with van der Waals surface area (Å²) in [5.41, 5.74) is 2.34. The van der Waals surface area contributed by atoms with Crippen LogP contribution in [0, 0.1) is 13.8 Å². The third-order valence-corrected chi connectivity index (χ3v) is 3.53. The molecule has 3 rings (SSSR count). The molecule has 0 radical (unpaired) electrons. The summed E-state index contributed by atoms with van der Waals surface area (Å²) in [7, 11) is 0. The number of para-hydroxylation sites is 1. The van der Waals surface area contributed by atoms with Gasteiger partial charge in [-0.15, -0.1) is 0 Å². The molecule has 2 heterocycles. The van der Waals surface area contributed by atoms with E-state index in [2.05, 4.69) is 20.4 Å². The highest BCUT2D eigenvalue weighted by Crippen LogP contribution is 2.13. The standard InChI is InChI=1S/C18H19N5O2/c1-12-9-13(2)23(22-12)18-19-10-15(11-20-18)21-17(24)14(3)25-16-7-5-4-6-8-16/h4-11,14H,1-3H3,(H,21,24)/t14-/m1/s1. The predicted molar refractivity (Wildman–Crippen MR) is 93.8 cm³/mol. The fourth-order valence-corrected chi connectivity index (χ4v) is 2.33. The fraction of sp³-hybridized carbons (Fsp3) is 0.222. The van der Waals surface area contributed by atoms with E-state index < -0.39 is 6.10 Å². The summed E-state index contributed by atoms with van der Waals surface area (Å²) in [6.45, 7) is 5.53. The first-order valence-corrected chi connectivity index (χ1v) is 7.91. The van der Waals surface area contributed by atoms with Crippen LogP contribution in [0.3, 0.4) is 0 Å². The summed E-state index contributed by atoms with van der Waals surface area (Å²) in [4.78, 5) is 20.7. The highest BCUT2D eigenvalue weighted by atomic mass is 16.5. The number of hydrogen-bond acceptors (Lipinski definition) is 5. The maximum Gasteiger partial charge on any atom is 0.265 e. The van der Waals surface area contributed by atoms with E-state index in [0.717, 1.165) is 11.4 Å². The van der Waals surface area contributed by atoms with E-state index in [4.69, 9.17) is 4.74 Å². The van der Waals surface area contributed by atoms with Crippen LogP contribution in [0.15, 0.2) is 48.8 Å². The molecule has 1 atom stereocenters. The molecule has 0 fully saturated rings. The van der Waals surface area contributed by atoms with Gasteiger partial charge in [0.15, 0.2) is 6.10 Å². The number of nitrogens with one attached hydrogen (secondary N) is 1. The monoisotopic (exact) mass is 337 g/mol. The second-order valence-electron chi connectivity index (χ2n) is 5.67. The number of carbonyl (C=O) groups excluding carboxylic acids is 1. The van der Waals surface area contributed by atoms with Crippen molar-refractivity contribution in [2.75, 3.05) is 5.32 Å². The maximum atomic E-state index is 12.2. The third kappa shape index (κ3) is 4.00. The Morgan fingerprint density at radius 1 is 1.16 bits per heavy atom. The van der Waals surface area contributed by atoms with Gasteiger partial charge in [-0.25, -0.2) is 14.6 Å². The first-order valence-electron chi connectivity index (χ1n) is 7.91. The normalized spacial score (nSPS) is 11.8. The van der Waals surface area contributed by atoms with E-state index in [-0.39, 0.29) is 5.91 Å². The summed E-state index contributed by atoms with van der Waals surface area (Å²) in [5.74, 6) is 0.824. The Kier molecular flexibility index (Phi) is 4.74. The minimum absolute atomic E-state index is 0.272. The Morgan fingerprint density at radius 2 is 1.84 bits per heavy atom. The van der Waals surface area contributed by atoms with E-state index in [0.29, 0.717) is 17.4 Å². The van der Waals surface area contributed by atoms with Crippen molar-refractivity contribution in [3.8, 4) is 11.7 Å². The van der Waals surface area contributed by atoms with Crippen LogP contribution in [-0.2, 0) is 4.79 Å². The van der Waals surface area contributed by atoms with Crippen molar-refractivity contribution >= 4 is 11.6 Å². The molecule has 1 N–H and O–H groups in total. The molecule has 2 aromatic heterocycles. The highest BCUT2D eigenvalue weighted by Gasteiger charge is 2.15. The lowest BCUT2D eigenvalue weighted by Crippen LogP contribution is -2.30. The number of anilines is 1. The topological polar surface area (TPSA) is 81.9 Å². The molecule has 0 saturated carbocycles. The largest absolute Gasteiger partial charge is 0.481 e. The first-order chi connectivity index (χ1) is 12.0. The van der Waals surface area contributed by atoms with Crippen molar-refractivity contribution in [2.24, 2.45) is 0 Å². The second-order valence-corrected chi connectivity index (χ2v) is 5.67. The molecular formula is C18H19N5O2. The van der Waals surface area contributed by atoms with Crippen molar-refractivity contribution in [1.29, 1.82) is 0 Å². The Bertz CT molecular complexity index is 859. The summed E-state index contributed by atoms with van der Waals surface area (Å²) < 4.78 is 7.25. The summed E-state index contributed by atoms with van der Waals surface area (Å²) in [6.07, 6.45) is 2.45. The van der Waals surface area contributed by atoms with Crippen LogP contribution in [0.25, 0.3) is 5.95 Å². The van der Waals surface area contributed by atoms with E-state index in [1.807, 2.05) is 38.1 Å². The molecule has 0 aliphatic heterocycles. The van der Waals surface area contributed by atoms with Crippen molar-refractivity contribution in [3.05, 3.63) is 60.2 Å².